The van der Waals surface area contributed by atoms with Crippen molar-refractivity contribution < 1.29 is 22.8 Å². The van der Waals surface area contributed by atoms with Crippen LogP contribution >= 0.6 is 0 Å². The number of aryl methyl sites for hydroxylation is 1. The van der Waals surface area contributed by atoms with Gasteiger partial charge in [0.15, 0.2) is 9.84 Å². The van der Waals surface area contributed by atoms with Gasteiger partial charge in [-0.25, -0.2) is 22.6 Å². The first kappa shape index (κ1) is 21.9. The molecule has 4 rings (SSSR count). The molecule has 1 heterocycles. The summed E-state index contributed by atoms with van der Waals surface area (Å²) in [5.41, 5.74) is 4.61. The van der Waals surface area contributed by atoms with Gasteiger partial charge < -0.3 is 0 Å². The topological polar surface area (TPSA) is 92.5 Å². The van der Waals surface area contributed by atoms with Crippen LogP contribution in [0.3, 0.4) is 0 Å². The number of halogens is 1. The maximum Gasteiger partial charge on any atom is 0.249 e. The molecule has 7 nitrogen and oxygen atoms in total. The first-order chi connectivity index (χ1) is 15.1. The van der Waals surface area contributed by atoms with Gasteiger partial charge in [0.25, 0.3) is 0 Å². The van der Waals surface area contributed by atoms with Crippen LogP contribution in [0.5, 0.6) is 0 Å². The van der Waals surface area contributed by atoms with Crippen molar-refractivity contribution in [3.8, 4) is 16.9 Å². The van der Waals surface area contributed by atoms with E-state index in [1.807, 2.05) is 6.08 Å². The first-order valence-electron chi connectivity index (χ1n) is 9.96. The molecular formula is C23H22FN3O4S. The summed E-state index contributed by atoms with van der Waals surface area (Å²) < 4.78 is 38.9. The van der Waals surface area contributed by atoms with E-state index in [4.69, 9.17) is 5.10 Å². The molecule has 0 atom stereocenters. The molecule has 2 aromatic carbocycles. The fraction of sp³-hybridized carbons (Fsp3) is 0.217. The molecule has 1 aliphatic carbocycles. The molecule has 9 heteroatoms. The highest BCUT2D eigenvalue weighted by molar-refractivity contribution is 7.90. The molecule has 1 aromatic heterocycles. The molecule has 0 spiro atoms. The van der Waals surface area contributed by atoms with Gasteiger partial charge >= 0.3 is 0 Å². The summed E-state index contributed by atoms with van der Waals surface area (Å²) in [7, 11) is -2.04. The summed E-state index contributed by atoms with van der Waals surface area (Å²) in [6, 6.07) is 12.4. The maximum absolute atomic E-state index is 13.6. The van der Waals surface area contributed by atoms with Gasteiger partial charge in [-0.05, 0) is 61.4 Å². The number of aromatic nitrogens is 2. The largest absolute Gasteiger partial charge is 0.286 e. The van der Waals surface area contributed by atoms with Crippen molar-refractivity contribution in [2.75, 3.05) is 13.3 Å². The number of sulfone groups is 1. The van der Waals surface area contributed by atoms with Crippen LogP contribution < -0.4 is 0 Å². The molecule has 0 fully saturated rings. The van der Waals surface area contributed by atoms with Crippen LogP contribution in [0, 0.1) is 5.82 Å². The molecule has 0 saturated heterocycles. The van der Waals surface area contributed by atoms with E-state index in [9.17, 15) is 22.8 Å². The Hall–Kier alpha value is -3.30. The second kappa shape index (κ2) is 8.33. The summed E-state index contributed by atoms with van der Waals surface area (Å²) in [6.07, 6.45) is 4.36. The lowest BCUT2D eigenvalue weighted by atomic mass is 9.92. The summed E-state index contributed by atoms with van der Waals surface area (Å²) >= 11 is 0. The molecule has 3 aromatic rings. The number of amides is 1. The molecule has 1 N–H and O–H groups in total. The van der Waals surface area contributed by atoms with Gasteiger partial charge in [-0.1, -0.05) is 11.6 Å². The predicted octanol–water partition coefficient (Wildman–Crippen LogP) is 3.65. The Bertz CT molecular complexity index is 1310. The molecule has 166 valence electrons. The van der Waals surface area contributed by atoms with E-state index in [1.165, 1.54) is 31.3 Å². The molecule has 0 aliphatic heterocycles. The Balaban J connectivity index is 1.85. The maximum atomic E-state index is 13.6. The van der Waals surface area contributed by atoms with Gasteiger partial charge in [-0.2, -0.15) is 5.10 Å². The normalized spacial score (nSPS) is 13.4. The van der Waals surface area contributed by atoms with Crippen molar-refractivity contribution in [1.29, 1.82) is 0 Å². The van der Waals surface area contributed by atoms with Crippen molar-refractivity contribution in [2.45, 2.75) is 24.2 Å². The highest BCUT2D eigenvalue weighted by Gasteiger charge is 2.24. The molecule has 0 saturated carbocycles. The number of hydrogen-bond donors (Lipinski definition) is 1. The third-order valence-electron chi connectivity index (χ3n) is 5.40. The van der Waals surface area contributed by atoms with Gasteiger partial charge in [0.1, 0.15) is 5.82 Å². The zero-order chi connectivity index (χ0) is 23.0. The van der Waals surface area contributed by atoms with Crippen molar-refractivity contribution in [1.82, 2.24) is 14.8 Å². The average Bonchev–Trinajstić information content (AvgIpc) is 3.12. The third-order valence-corrected chi connectivity index (χ3v) is 6.52. The Morgan fingerprint density at radius 2 is 1.78 bits per heavy atom. The van der Waals surface area contributed by atoms with Gasteiger partial charge in [-0.3, -0.25) is 10.0 Å². The highest BCUT2D eigenvalue weighted by Crippen LogP contribution is 2.36. The Labute approximate surface area is 185 Å². The summed E-state index contributed by atoms with van der Waals surface area (Å²) in [5, 5.41) is 14.7. The van der Waals surface area contributed by atoms with Crippen LogP contribution in [-0.2, 0) is 21.1 Å². The summed E-state index contributed by atoms with van der Waals surface area (Å²) in [4.78, 5) is 12.2. The smallest absolute Gasteiger partial charge is 0.249 e. The van der Waals surface area contributed by atoms with E-state index in [0.29, 0.717) is 29.3 Å². The number of carbonyl (C=O) groups excluding carboxylic acids is 1. The quantitative estimate of drug-likeness (QED) is 0.468. The zero-order valence-corrected chi connectivity index (χ0v) is 18.4. The molecule has 0 radical (unpaired) electrons. The minimum Gasteiger partial charge on any atom is -0.286 e. The fourth-order valence-corrected chi connectivity index (χ4v) is 4.35. The number of benzene rings is 2. The van der Waals surface area contributed by atoms with E-state index in [0.717, 1.165) is 28.6 Å². The molecule has 32 heavy (non-hydrogen) atoms. The molecule has 1 aliphatic rings. The standard InChI is InChI=1S/C23H22FN3O4S/c1-26(29)22(28)14-15-3-12-21-20(13-15)23(16-4-6-17(24)7-5-16)27(25-21)18-8-10-19(11-9-18)32(2,30)31/h4-11,13,29H,3,12,14H2,1-2H3. The molecular weight excluding hydrogens is 433 g/mol. The van der Waals surface area contributed by atoms with E-state index < -0.39 is 15.7 Å². The molecule has 1 amide bonds. The number of hydroxylamine groups is 2. The zero-order valence-electron chi connectivity index (χ0n) is 17.6. The minimum absolute atomic E-state index is 0.0868. The fourth-order valence-electron chi connectivity index (χ4n) is 3.72. The molecule has 0 unspecified atom stereocenters. The Kier molecular flexibility index (Phi) is 5.70. The lowest BCUT2D eigenvalue weighted by molar-refractivity contribution is -0.158. The molecule has 0 bridgehead atoms. The van der Waals surface area contributed by atoms with E-state index in [1.54, 1.807) is 28.9 Å². The number of carbonyl (C=O) groups is 1. The second-order valence-electron chi connectivity index (χ2n) is 7.79. The van der Waals surface area contributed by atoms with Gasteiger partial charge in [0.2, 0.25) is 5.91 Å². The van der Waals surface area contributed by atoms with Crippen molar-refractivity contribution in [3.05, 3.63) is 71.2 Å². The summed E-state index contributed by atoms with van der Waals surface area (Å²) in [5.74, 6) is -0.772. The first-order valence-corrected chi connectivity index (χ1v) is 11.9. The van der Waals surface area contributed by atoms with E-state index >= 15 is 0 Å². The van der Waals surface area contributed by atoms with Crippen LogP contribution in [-0.4, -0.2) is 47.7 Å². The van der Waals surface area contributed by atoms with Crippen molar-refractivity contribution in [2.24, 2.45) is 0 Å². The Morgan fingerprint density at radius 1 is 1.12 bits per heavy atom. The monoisotopic (exact) mass is 455 g/mol. The van der Waals surface area contributed by atoms with Gasteiger partial charge in [0, 0.05) is 24.4 Å². The van der Waals surface area contributed by atoms with Crippen molar-refractivity contribution in [3.63, 3.8) is 0 Å². The Morgan fingerprint density at radius 3 is 2.38 bits per heavy atom. The van der Waals surface area contributed by atoms with Crippen LogP contribution in [0.4, 0.5) is 4.39 Å². The minimum atomic E-state index is -3.33. The van der Waals surface area contributed by atoms with Gasteiger partial charge in [0.05, 0.1) is 28.4 Å². The second-order valence-corrected chi connectivity index (χ2v) is 9.81. The van der Waals surface area contributed by atoms with E-state index in [-0.39, 0.29) is 17.1 Å². The van der Waals surface area contributed by atoms with Crippen molar-refractivity contribution >= 4 is 21.8 Å². The SMILES string of the molecule is CN(O)C(=O)CC1=Cc2c(nn(-c3ccc(S(C)(=O)=O)cc3)c2-c2ccc(F)cc2)CC1. The number of hydrogen-bond acceptors (Lipinski definition) is 5. The lowest BCUT2D eigenvalue weighted by Gasteiger charge is -2.15. The lowest BCUT2D eigenvalue weighted by Crippen LogP contribution is -2.23. The number of fused-ring (bicyclic) bond motifs is 1. The van der Waals surface area contributed by atoms with Crippen LogP contribution in [0.2, 0.25) is 0 Å². The van der Waals surface area contributed by atoms with E-state index in [2.05, 4.69) is 0 Å². The average molecular weight is 456 g/mol. The predicted molar refractivity (Wildman–Crippen MR) is 118 cm³/mol. The number of rotatable bonds is 5. The van der Waals surface area contributed by atoms with Crippen LogP contribution in [0.25, 0.3) is 23.0 Å². The van der Waals surface area contributed by atoms with Gasteiger partial charge in [-0.15, -0.1) is 0 Å². The van der Waals surface area contributed by atoms with Crippen LogP contribution in [0.15, 0.2) is 59.0 Å². The third kappa shape index (κ3) is 4.35. The number of nitrogens with zero attached hydrogens (tertiary/aromatic N) is 3. The summed E-state index contributed by atoms with van der Waals surface area (Å²) in [6.45, 7) is 0. The highest BCUT2D eigenvalue weighted by atomic mass is 32.2. The van der Waals surface area contributed by atoms with Crippen LogP contribution in [0.1, 0.15) is 24.1 Å².